The number of benzene rings is 3. The van der Waals surface area contributed by atoms with E-state index >= 15 is 0 Å². The molecule has 0 bridgehead atoms. The van der Waals surface area contributed by atoms with Gasteiger partial charge in [0.15, 0.2) is 15.8 Å². The number of nitro benzene ring substituents is 1. The Balaban J connectivity index is 1.51. The van der Waals surface area contributed by atoms with Gasteiger partial charge in [-0.15, -0.1) is 0 Å². The Hall–Kier alpha value is -3.89. The van der Waals surface area contributed by atoms with Crippen LogP contribution in [0.15, 0.2) is 71.6 Å². The molecule has 0 spiro atoms. The minimum Gasteiger partial charge on any atom is -0.495 e. The first-order chi connectivity index (χ1) is 16.9. The van der Waals surface area contributed by atoms with E-state index in [0.717, 1.165) is 11.1 Å². The number of carbonyl (C=O) groups is 1. The van der Waals surface area contributed by atoms with Crippen molar-refractivity contribution in [2.45, 2.75) is 6.61 Å². The molecule has 3 aromatic rings. The molecule has 8 nitrogen and oxygen atoms in total. The van der Waals surface area contributed by atoms with Crippen molar-refractivity contribution in [3.63, 3.8) is 0 Å². The lowest BCUT2D eigenvalue weighted by Gasteiger charge is -2.17. The van der Waals surface area contributed by atoms with Gasteiger partial charge in [0.25, 0.3) is 11.6 Å². The first-order valence-electron chi connectivity index (χ1n) is 10.4. The molecule has 0 radical (unpaired) electrons. The molecule has 0 saturated carbocycles. The van der Waals surface area contributed by atoms with Crippen molar-refractivity contribution in [2.24, 2.45) is 0 Å². The molecular formula is C25H20N2O6S2. The van der Waals surface area contributed by atoms with Crippen LogP contribution >= 0.6 is 24.0 Å². The normalized spacial score (nSPS) is 14.3. The van der Waals surface area contributed by atoms with E-state index in [9.17, 15) is 14.9 Å². The number of para-hydroxylation sites is 2. The van der Waals surface area contributed by atoms with E-state index in [4.69, 9.17) is 26.4 Å². The van der Waals surface area contributed by atoms with Crippen LogP contribution in [0.3, 0.4) is 0 Å². The summed E-state index contributed by atoms with van der Waals surface area (Å²) < 4.78 is 17.1. The average molecular weight is 509 g/mol. The summed E-state index contributed by atoms with van der Waals surface area (Å²) in [6, 6.07) is 18.7. The van der Waals surface area contributed by atoms with E-state index in [1.54, 1.807) is 49.6 Å². The molecule has 0 N–H and O–H groups in total. The van der Waals surface area contributed by atoms with Crippen molar-refractivity contribution in [2.75, 3.05) is 19.1 Å². The number of nitrogens with zero attached hydrogens (tertiary/aromatic N) is 2. The fourth-order valence-corrected chi connectivity index (χ4v) is 4.69. The van der Waals surface area contributed by atoms with E-state index in [1.807, 2.05) is 18.2 Å². The highest BCUT2D eigenvalue weighted by Gasteiger charge is 2.34. The number of nitro groups is 1. The van der Waals surface area contributed by atoms with Crippen LogP contribution in [0.5, 0.6) is 17.2 Å². The molecule has 4 rings (SSSR count). The molecule has 0 aliphatic carbocycles. The van der Waals surface area contributed by atoms with Crippen LogP contribution in [0.25, 0.3) is 6.08 Å². The molecule has 0 aromatic heterocycles. The zero-order valence-electron chi connectivity index (χ0n) is 18.8. The molecule has 1 amide bonds. The van der Waals surface area contributed by atoms with Crippen LogP contribution in [0, 0.1) is 10.1 Å². The second-order valence-corrected chi connectivity index (χ2v) is 8.99. The monoisotopic (exact) mass is 508 g/mol. The van der Waals surface area contributed by atoms with Gasteiger partial charge in [0.1, 0.15) is 12.4 Å². The highest BCUT2D eigenvalue weighted by molar-refractivity contribution is 8.27. The average Bonchev–Trinajstić information content (AvgIpc) is 3.15. The largest absolute Gasteiger partial charge is 0.495 e. The molecule has 3 aromatic carbocycles. The minimum atomic E-state index is -0.448. The van der Waals surface area contributed by atoms with Gasteiger partial charge < -0.3 is 14.2 Å². The number of non-ortho nitro benzene ring substituents is 1. The topological polar surface area (TPSA) is 91.1 Å². The van der Waals surface area contributed by atoms with Gasteiger partial charge in [0, 0.05) is 12.1 Å². The van der Waals surface area contributed by atoms with Gasteiger partial charge in [-0.25, -0.2) is 0 Å². The summed E-state index contributed by atoms with van der Waals surface area (Å²) in [5.74, 6) is 1.31. The maximum Gasteiger partial charge on any atom is 0.270 e. The second-order valence-electron chi connectivity index (χ2n) is 7.31. The number of rotatable bonds is 8. The third-order valence-corrected chi connectivity index (χ3v) is 6.45. The number of thioether (sulfide) groups is 1. The van der Waals surface area contributed by atoms with Gasteiger partial charge in [0.2, 0.25) is 0 Å². The maximum atomic E-state index is 13.1. The molecule has 1 saturated heterocycles. The zero-order chi connectivity index (χ0) is 24.9. The Morgan fingerprint density at radius 3 is 2.40 bits per heavy atom. The Morgan fingerprint density at radius 2 is 1.71 bits per heavy atom. The Morgan fingerprint density at radius 1 is 1.00 bits per heavy atom. The second kappa shape index (κ2) is 10.6. The van der Waals surface area contributed by atoms with Crippen LogP contribution in [0.1, 0.15) is 11.1 Å². The van der Waals surface area contributed by atoms with E-state index < -0.39 is 4.92 Å². The molecule has 1 aliphatic rings. The summed E-state index contributed by atoms with van der Waals surface area (Å²) in [6.45, 7) is 0.214. The molecule has 0 unspecified atom stereocenters. The Kier molecular flexibility index (Phi) is 7.33. The number of ether oxygens (including phenoxy) is 3. The number of amides is 1. The third kappa shape index (κ3) is 5.28. The van der Waals surface area contributed by atoms with Gasteiger partial charge >= 0.3 is 0 Å². The van der Waals surface area contributed by atoms with Crippen molar-refractivity contribution in [1.82, 2.24) is 0 Å². The lowest BCUT2D eigenvalue weighted by Crippen LogP contribution is -2.27. The van der Waals surface area contributed by atoms with E-state index in [1.165, 1.54) is 35.9 Å². The van der Waals surface area contributed by atoms with E-state index in [2.05, 4.69) is 0 Å². The zero-order valence-corrected chi connectivity index (χ0v) is 20.4. The minimum absolute atomic E-state index is 0.0202. The summed E-state index contributed by atoms with van der Waals surface area (Å²) >= 11 is 6.67. The predicted molar refractivity (Wildman–Crippen MR) is 139 cm³/mol. The maximum absolute atomic E-state index is 13.1. The first kappa shape index (κ1) is 24.2. The highest BCUT2D eigenvalue weighted by Crippen LogP contribution is 2.40. The Labute approximate surface area is 211 Å². The number of anilines is 1. The van der Waals surface area contributed by atoms with Crippen molar-refractivity contribution >= 4 is 51.7 Å². The number of hydrogen-bond donors (Lipinski definition) is 0. The molecule has 1 heterocycles. The summed E-state index contributed by atoms with van der Waals surface area (Å²) in [7, 11) is 3.07. The summed E-state index contributed by atoms with van der Waals surface area (Å²) in [4.78, 5) is 25.4. The number of thiocarbonyl (C=S) groups is 1. The van der Waals surface area contributed by atoms with Gasteiger partial charge in [-0.3, -0.25) is 19.8 Å². The van der Waals surface area contributed by atoms with Gasteiger partial charge in [0.05, 0.1) is 29.7 Å². The van der Waals surface area contributed by atoms with Crippen LogP contribution in [0.2, 0.25) is 0 Å². The standard InChI is InChI=1S/C25H20N2O6S2/c1-31-20-6-4-3-5-19(20)26-24(28)23(35-25(26)34)14-17-9-12-21(22(13-17)32-2)33-15-16-7-10-18(11-8-16)27(29)30/h3-14H,15H2,1-2H3/b23-14+. The predicted octanol–water partition coefficient (Wildman–Crippen LogP) is 5.60. The number of hydrogen-bond acceptors (Lipinski definition) is 8. The number of carbonyl (C=O) groups excluding carboxylic acids is 1. The van der Waals surface area contributed by atoms with Crippen LogP contribution < -0.4 is 19.1 Å². The highest BCUT2D eigenvalue weighted by atomic mass is 32.2. The quantitative estimate of drug-likeness (QED) is 0.168. The summed E-state index contributed by atoms with van der Waals surface area (Å²) in [5, 5.41) is 10.8. The van der Waals surface area contributed by atoms with Crippen molar-refractivity contribution in [3.8, 4) is 17.2 Å². The Bertz CT molecular complexity index is 1320. The molecule has 0 atom stereocenters. The SMILES string of the molecule is COc1cc(/C=C2/SC(=S)N(c3ccccc3OC)C2=O)ccc1OCc1ccc([N+](=O)[O-])cc1. The fourth-order valence-electron chi connectivity index (χ4n) is 3.41. The van der Waals surface area contributed by atoms with Crippen LogP contribution in [-0.4, -0.2) is 29.4 Å². The smallest absolute Gasteiger partial charge is 0.270 e. The lowest BCUT2D eigenvalue weighted by molar-refractivity contribution is -0.384. The number of methoxy groups -OCH3 is 2. The summed E-state index contributed by atoms with van der Waals surface area (Å²) in [6.07, 6.45) is 1.75. The third-order valence-electron chi connectivity index (χ3n) is 5.15. The molecular weight excluding hydrogens is 488 g/mol. The molecule has 178 valence electrons. The van der Waals surface area contributed by atoms with Crippen molar-refractivity contribution in [1.29, 1.82) is 0 Å². The fraction of sp³-hybridized carbons (Fsp3) is 0.120. The molecule has 1 aliphatic heterocycles. The van der Waals surface area contributed by atoms with Gasteiger partial charge in [-0.05, 0) is 53.6 Å². The molecule has 35 heavy (non-hydrogen) atoms. The molecule has 10 heteroatoms. The summed E-state index contributed by atoms with van der Waals surface area (Å²) in [5.41, 5.74) is 2.13. The van der Waals surface area contributed by atoms with Crippen molar-refractivity contribution in [3.05, 3.63) is 92.9 Å². The molecule has 1 fully saturated rings. The van der Waals surface area contributed by atoms with Crippen LogP contribution in [0.4, 0.5) is 11.4 Å². The van der Waals surface area contributed by atoms with Crippen molar-refractivity contribution < 1.29 is 23.9 Å². The van der Waals surface area contributed by atoms with Crippen LogP contribution in [-0.2, 0) is 11.4 Å². The first-order valence-corrected chi connectivity index (χ1v) is 11.6. The van der Waals surface area contributed by atoms with Gasteiger partial charge in [-0.1, -0.05) is 42.2 Å². The lowest BCUT2D eigenvalue weighted by atomic mass is 10.1. The van der Waals surface area contributed by atoms with Gasteiger partial charge in [-0.2, -0.15) is 0 Å². The van der Waals surface area contributed by atoms with E-state index in [0.29, 0.717) is 32.2 Å². The van der Waals surface area contributed by atoms with E-state index in [-0.39, 0.29) is 18.2 Å².